The Morgan fingerprint density at radius 2 is 1.67 bits per heavy atom. The molecule has 1 aliphatic rings. The van der Waals surface area contributed by atoms with E-state index in [0.717, 1.165) is 12.5 Å². The van der Waals surface area contributed by atoms with E-state index in [2.05, 4.69) is 26.1 Å². The molecule has 0 aromatic rings. The van der Waals surface area contributed by atoms with Gasteiger partial charge in [0.15, 0.2) is 6.29 Å². The third kappa shape index (κ3) is 4.52. The van der Waals surface area contributed by atoms with Crippen molar-refractivity contribution in [3.63, 3.8) is 0 Å². The summed E-state index contributed by atoms with van der Waals surface area (Å²) in [6.07, 6.45) is 6.44. The summed E-state index contributed by atoms with van der Waals surface area (Å²) in [7, 11) is 3.38. The summed E-state index contributed by atoms with van der Waals surface area (Å²) in [5.41, 5.74) is 0.507. The predicted octanol–water partition coefficient (Wildman–Crippen LogP) is 3.19. The van der Waals surface area contributed by atoms with Gasteiger partial charge in [-0.25, -0.2) is 0 Å². The van der Waals surface area contributed by atoms with Gasteiger partial charge in [-0.05, 0) is 37.0 Å². The van der Waals surface area contributed by atoms with Crippen molar-refractivity contribution in [3.8, 4) is 0 Å². The van der Waals surface area contributed by atoms with Gasteiger partial charge in [-0.15, -0.1) is 0 Å². The van der Waals surface area contributed by atoms with Gasteiger partial charge in [0.2, 0.25) is 0 Å². The van der Waals surface area contributed by atoms with Crippen molar-refractivity contribution < 1.29 is 9.47 Å². The van der Waals surface area contributed by atoms with Crippen molar-refractivity contribution in [2.24, 2.45) is 11.3 Å². The lowest BCUT2D eigenvalue weighted by Gasteiger charge is -2.39. The van der Waals surface area contributed by atoms with Crippen molar-refractivity contribution >= 4 is 0 Å². The number of nitrogens with one attached hydrogen (secondary N) is 1. The maximum Gasteiger partial charge on any atom is 0.169 e. The third-order valence-electron chi connectivity index (χ3n) is 4.84. The topological polar surface area (TPSA) is 30.5 Å². The van der Waals surface area contributed by atoms with E-state index < -0.39 is 0 Å². The van der Waals surface area contributed by atoms with Crippen LogP contribution >= 0.6 is 0 Å². The molecule has 0 heterocycles. The molecule has 0 radical (unpaired) electrons. The Balaban J connectivity index is 2.27. The minimum Gasteiger partial charge on any atom is -0.355 e. The number of hydrogen-bond donors (Lipinski definition) is 1. The van der Waals surface area contributed by atoms with Crippen LogP contribution in [0.4, 0.5) is 0 Å². The fourth-order valence-corrected chi connectivity index (χ4v) is 2.89. The largest absolute Gasteiger partial charge is 0.355 e. The highest BCUT2D eigenvalue weighted by Crippen LogP contribution is 2.40. The van der Waals surface area contributed by atoms with E-state index in [1.54, 1.807) is 14.2 Å². The van der Waals surface area contributed by atoms with Gasteiger partial charge in [-0.1, -0.05) is 27.2 Å². The summed E-state index contributed by atoms with van der Waals surface area (Å²) in [6, 6.07) is 0.640. The summed E-state index contributed by atoms with van der Waals surface area (Å²) in [5.74, 6) is 0.890. The molecule has 3 heteroatoms. The smallest absolute Gasteiger partial charge is 0.169 e. The van der Waals surface area contributed by atoms with Gasteiger partial charge in [0.1, 0.15) is 0 Å². The molecule has 1 N–H and O–H groups in total. The average Bonchev–Trinajstić information content (AvgIpc) is 2.40. The van der Waals surface area contributed by atoms with Crippen molar-refractivity contribution in [1.82, 2.24) is 5.32 Å². The minimum absolute atomic E-state index is 0.116. The molecule has 1 saturated carbocycles. The van der Waals surface area contributed by atoms with E-state index in [1.165, 1.54) is 32.1 Å². The lowest BCUT2D eigenvalue weighted by molar-refractivity contribution is -0.100. The highest BCUT2D eigenvalue weighted by atomic mass is 16.7. The van der Waals surface area contributed by atoms with Gasteiger partial charge in [0.25, 0.3) is 0 Å². The molecule has 0 spiro atoms. The number of rotatable bonds is 7. The van der Waals surface area contributed by atoms with Crippen molar-refractivity contribution in [2.45, 2.75) is 65.2 Å². The molecular weight excluding hydrogens is 226 g/mol. The van der Waals surface area contributed by atoms with Crippen molar-refractivity contribution in [2.75, 3.05) is 20.8 Å². The molecule has 0 aromatic heterocycles. The zero-order chi connectivity index (χ0) is 13.6. The summed E-state index contributed by atoms with van der Waals surface area (Å²) in [6.45, 7) is 7.93. The van der Waals surface area contributed by atoms with Crippen LogP contribution in [0.25, 0.3) is 0 Å². The van der Waals surface area contributed by atoms with E-state index in [1.807, 2.05) is 0 Å². The fourth-order valence-electron chi connectivity index (χ4n) is 2.89. The number of methoxy groups -OCH3 is 2. The lowest BCUT2D eigenvalue weighted by Crippen LogP contribution is -2.41. The Morgan fingerprint density at radius 1 is 1.11 bits per heavy atom. The zero-order valence-electron chi connectivity index (χ0n) is 12.8. The zero-order valence-corrected chi connectivity index (χ0v) is 12.8. The molecule has 0 unspecified atom stereocenters. The molecule has 108 valence electrons. The van der Waals surface area contributed by atoms with Crippen molar-refractivity contribution in [1.29, 1.82) is 0 Å². The number of ether oxygens (including phenoxy) is 2. The summed E-state index contributed by atoms with van der Waals surface area (Å²) in [4.78, 5) is 0. The second-order valence-electron chi connectivity index (χ2n) is 6.20. The first-order chi connectivity index (χ1) is 8.53. The first-order valence-electron chi connectivity index (χ1n) is 7.32. The van der Waals surface area contributed by atoms with Crippen LogP contribution in [0.1, 0.15) is 52.9 Å². The van der Waals surface area contributed by atoms with Gasteiger partial charge in [0, 0.05) is 26.8 Å². The Bertz CT molecular complexity index is 219. The second kappa shape index (κ2) is 7.46. The molecule has 0 atom stereocenters. The standard InChI is InChI=1S/C15H31NO2/c1-6-15(2,3)12-7-9-13(10-8-12)16-11-14(17-4)18-5/h12-14,16H,6-11H2,1-5H3. The molecule has 0 aliphatic heterocycles. The molecular formula is C15H31NO2. The maximum absolute atomic E-state index is 5.20. The molecule has 3 nitrogen and oxygen atoms in total. The van der Waals surface area contributed by atoms with E-state index in [4.69, 9.17) is 9.47 Å². The molecule has 1 aliphatic carbocycles. The molecule has 1 fully saturated rings. The summed E-state index contributed by atoms with van der Waals surface area (Å²) >= 11 is 0. The van der Waals surface area contributed by atoms with Crippen LogP contribution < -0.4 is 5.32 Å². The van der Waals surface area contributed by atoms with Crippen LogP contribution in [0, 0.1) is 11.3 Å². The molecule has 1 rings (SSSR count). The Hall–Kier alpha value is -0.120. The van der Waals surface area contributed by atoms with Crippen LogP contribution in [-0.2, 0) is 9.47 Å². The van der Waals surface area contributed by atoms with Crippen molar-refractivity contribution in [3.05, 3.63) is 0 Å². The monoisotopic (exact) mass is 257 g/mol. The highest BCUT2D eigenvalue weighted by molar-refractivity contribution is 4.85. The molecule has 0 amide bonds. The molecule has 0 aromatic carbocycles. The summed E-state index contributed by atoms with van der Waals surface area (Å²) < 4.78 is 10.4. The first kappa shape index (κ1) is 15.9. The second-order valence-corrected chi connectivity index (χ2v) is 6.20. The number of hydrogen-bond acceptors (Lipinski definition) is 3. The predicted molar refractivity (Wildman–Crippen MR) is 75.6 cm³/mol. The molecule has 0 saturated heterocycles. The third-order valence-corrected chi connectivity index (χ3v) is 4.84. The Morgan fingerprint density at radius 3 is 2.11 bits per heavy atom. The maximum atomic E-state index is 5.20. The first-order valence-corrected chi connectivity index (χ1v) is 7.32. The van der Waals surface area contributed by atoms with Crippen LogP contribution in [0.5, 0.6) is 0 Å². The van der Waals surface area contributed by atoms with E-state index in [-0.39, 0.29) is 6.29 Å². The van der Waals surface area contributed by atoms with Crippen LogP contribution in [-0.4, -0.2) is 33.1 Å². The van der Waals surface area contributed by atoms with Gasteiger partial charge in [0.05, 0.1) is 0 Å². The minimum atomic E-state index is -0.116. The average molecular weight is 257 g/mol. The SMILES string of the molecule is CCC(C)(C)C1CCC(NCC(OC)OC)CC1. The Labute approximate surface area is 113 Å². The van der Waals surface area contributed by atoms with Crippen LogP contribution in [0.15, 0.2) is 0 Å². The lowest BCUT2D eigenvalue weighted by atomic mass is 9.69. The van der Waals surface area contributed by atoms with E-state index >= 15 is 0 Å². The quantitative estimate of drug-likeness (QED) is 0.711. The molecule has 0 bridgehead atoms. The summed E-state index contributed by atoms with van der Waals surface area (Å²) in [5, 5.41) is 3.56. The normalized spacial score (nSPS) is 25.7. The van der Waals surface area contributed by atoms with Gasteiger partial charge < -0.3 is 14.8 Å². The van der Waals surface area contributed by atoms with Gasteiger partial charge in [-0.3, -0.25) is 0 Å². The van der Waals surface area contributed by atoms with E-state index in [0.29, 0.717) is 11.5 Å². The fraction of sp³-hybridized carbons (Fsp3) is 1.00. The van der Waals surface area contributed by atoms with Gasteiger partial charge in [-0.2, -0.15) is 0 Å². The van der Waals surface area contributed by atoms with E-state index in [9.17, 15) is 0 Å². The molecule has 18 heavy (non-hydrogen) atoms. The highest BCUT2D eigenvalue weighted by Gasteiger charge is 2.31. The van der Waals surface area contributed by atoms with Gasteiger partial charge >= 0.3 is 0 Å². The van der Waals surface area contributed by atoms with Crippen LogP contribution in [0.2, 0.25) is 0 Å². The van der Waals surface area contributed by atoms with Crippen LogP contribution in [0.3, 0.4) is 0 Å². The Kier molecular flexibility index (Phi) is 6.61.